The summed E-state index contributed by atoms with van der Waals surface area (Å²) in [7, 11) is 0. The Kier molecular flexibility index (Phi) is 4.98. The summed E-state index contributed by atoms with van der Waals surface area (Å²) < 4.78 is 0. The largest absolute Gasteiger partial charge is 0.508 e. The Hall–Kier alpha value is -1.06. The highest BCUT2D eigenvalue weighted by atomic mass is 16.3. The fourth-order valence-electron chi connectivity index (χ4n) is 1.03. The van der Waals surface area contributed by atoms with E-state index in [1.165, 1.54) is 0 Å². The molecule has 3 heteroatoms. The van der Waals surface area contributed by atoms with E-state index in [0.29, 0.717) is 5.75 Å². The third-order valence-corrected chi connectivity index (χ3v) is 1.71. The number of rotatable bonds is 0. The number of hydrogen-bond acceptors (Lipinski definition) is 3. The first-order valence-corrected chi connectivity index (χ1v) is 4.55. The highest BCUT2D eigenvalue weighted by Crippen LogP contribution is 2.02. The van der Waals surface area contributed by atoms with Gasteiger partial charge in [-0.25, -0.2) is 0 Å². The molecular formula is C10H16N2O. The Labute approximate surface area is 78.8 Å². The molecule has 0 bridgehead atoms. The Morgan fingerprint density at radius 2 is 1.31 bits per heavy atom. The summed E-state index contributed by atoms with van der Waals surface area (Å²) in [5.74, 6) is 0.322. The quantitative estimate of drug-likeness (QED) is 0.547. The van der Waals surface area contributed by atoms with E-state index in [1.54, 1.807) is 24.3 Å². The molecule has 3 nitrogen and oxygen atoms in total. The van der Waals surface area contributed by atoms with Crippen molar-refractivity contribution in [1.29, 1.82) is 0 Å². The summed E-state index contributed by atoms with van der Waals surface area (Å²) >= 11 is 0. The van der Waals surface area contributed by atoms with Crippen molar-refractivity contribution in [2.45, 2.75) is 0 Å². The molecule has 72 valence electrons. The first-order chi connectivity index (χ1) is 6.39. The van der Waals surface area contributed by atoms with Crippen molar-refractivity contribution in [1.82, 2.24) is 10.6 Å². The van der Waals surface area contributed by atoms with Crippen molar-refractivity contribution in [3.8, 4) is 5.75 Å². The van der Waals surface area contributed by atoms with Crippen LogP contribution < -0.4 is 10.6 Å². The topological polar surface area (TPSA) is 44.3 Å². The molecule has 1 saturated heterocycles. The minimum atomic E-state index is 0.322. The van der Waals surface area contributed by atoms with E-state index in [2.05, 4.69) is 10.6 Å². The summed E-state index contributed by atoms with van der Waals surface area (Å²) in [5, 5.41) is 15.1. The van der Waals surface area contributed by atoms with Crippen LogP contribution in [0.1, 0.15) is 0 Å². The summed E-state index contributed by atoms with van der Waals surface area (Å²) in [4.78, 5) is 0. The number of hydrogen-bond donors (Lipinski definition) is 3. The molecular weight excluding hydrogens is 164 g/mol. The first kappa shape index (κ1) is 10.0. The Morgan fingerprint density at radius 3 is 1.54 bits per heavy atom. The van der Waals surface area contributed by atoms with Crippen molar-refractivity contribution in [3.05, 3.63) is 30.3 Å². The van der Waals surface area contributed by atoms with E-state index in [0.717, 1.165) is 26.2 Å². The molecule has 0 spiro atoms. The van der Waals surface area contributed by atoms with Gasteiger partial charge in [-0.2, -0.15) is 0 Å². The molecule has 0 amide bonds. The van der Waals surface area contributed by atoms with Gasteiger partial charge in [-0.1, -0.05) is 18.2 Å². The number of nitrogens with one attached hydrogen (secondary N) is 2. The first-order valence-electron chi connectivity index (χ1n) is 4.55. The minimum Gasteiger partial charge on any atom is -0.508 e. The smallest absolute Gasteiger partial charge is 0.115 e. The van der Waals surface area contributed by atoms with E-state index in [-0.39, 0.29) is 0 Å². The van der Waals surface area contributed by atoms with Gasteiger partial charge in [0, 0.05) is 26.2 Å². The number of benzene rings is 1. The number of phenols is 1. The monoisotopic (exact) mass is 180 g/mol. The third kappa shape index (κ3) is 5.22. The summed E-state index contributed by atoms with van der Waals surface area (Å²) in [6.45, 7) is 4.56. The van der Waals surface area contributed by atoms with Crippen LogP contribution in [-0.4, -0.2) is 31.3 Å². The summed E-state index contributed by atoms with van der Waals surface area (Å²) in [6, 6.07) is 8.71. The molecule has 1 fully saturated rings. The van der Waals surface area contributed by atoms with Gasteiger partial charge >= 0.3 is 0 Å². The van der Waals surface area contributed by atoms with E-state index in [1.807, 2.05) is 6.07 Å². The Bertz CT molecular complexity index is 198. The van der Waals surface area contributed by atoms with Gasteiger partial charge in [0.2, 0.25) is 0 Å². The summed E-state index contributed by atoms with van der Waals surface area (Å²) in [5.41, 5.74) is 0. The van der Waals surface area contributed by atoms with Crippen molar-refractivity contribution >= 4 is 0 Å². The molecule has 2 rings (SSSR count). The van der Waals surface area contributed by atoms with Crippen LogP contribution in [0, 0.1) is 0 Å². The van der Waals surface area contributed by atoms with Gasteiger partial charge in [0.1, 0.15) is 5.75 Å². The highest BCUT2D eigenvalue weighted by Gasteiger charge is 1.91. The van der Waals surface area contributed by atoms with Crippen LogP contribution in [0.2, 0.25) is 0 Å². The molecule has 1 aromatic rings. The normalized spacial score (nSPS) is 15.7. The Balaban J connectivity index is 0.000000132. The van der Waals surface area contributed by atoms with Gasteiger partial charge in [-0.3, -0.25) is 0 Å². The summed E-state index contributed by atoms with van der Waals surface area (Å²) in [6.07, 6.45) is 0. The standard InChI is InChI=1S/C6H6O.C4H10N2/c7-6-4-2-1-3-5-6;1-2-6-4-3-5-1/h1-5,7H;5-6H,1-4H2. The van der Waals surface area contributed by atoms with Gasteiger partial charge < -0.3 is 15.7 Å². The molecule has 0 radical (unpaired) electrons. The molecule has 0 aromatic heterocycles. The lowest BCUT2D eigenvalue weighted by atomic mass is 10.3. The van der Waals surface area contributed by atoms with Gasteiger partial charge in [-0.15, -0.1) is 0 Å². The lowest BCUT2D eigenvalue weighted by Crippen LogP contribution is -2.39. The molecule has 0 aliphatic carbocycles. The van der Waals surface area contributed by atoms with Crippen LogP contribution in [0.25, 0.3) is 0 Å². The van der Waals surface area contributed by atoms with Crippen molar-refractivity contribution in [2.75, 3.05) is 26.2 Å². The maximum atomic E-state index is 8.63. The fourth-order valence-corrected chi connectivity index (χ4v) is 1.03. The average Bonchev–Trinajstić information content (AvgIpc) is 2.22. The zero-order chi connectivity index (χ0) is 9.36. The number of phenolic OH excluding ortho intramolecular Hbond substituents is 1. The number of aromatic hydroxyl groups is 1. The zero-order valence-electron chi connectivity index (χ0n) is 7.66. The van der Waals surface area contributed by atoms with Crippen molar-refractivity contribution in [3.63, 3.8) is 0 Å². The lowest BCUT2D eigenvalue weighted by molar-refractivity contribution is 0.475. The van der Waals surface area contributed by atoms with Crippen LogP contribution in [-0.2, 0) is 0 Å². The number of piperazine rings is 1. The molecule has 0 atom stereocenters. The van der Waals surface area contributed by atoms with E-state index < -0.39 is 0 Å². The van der Waals surface area contributed by atoms with Gasteiger partial charge in [-0.05, 0) is 12.1 Å². The van der Waals surface area contributed by atoms with Gasteiger partial charge in [0.15, 0.2) is 0 Å². The number of para-hydroxylation sites is 1. The van der Waals surface area contributed by atoms with E-state index in [4.69, 9.17) is 5.11 Å². The zero-order valence-corrected chi connectivity index (χ0v) is 7.66. The molecule has 3 N–H and O–H groups in total. The molecule has 13 heavy (non-hydrogen) atoms. The van der Waals surface area contributed by atoms with Crippen molar-refractivity contribution < 1.29 is 5.11 Å². The lowest BCUT2D eigenvalue weighted by Gasteiger charge is -2.11. The predicted octanol–water partition coefficient (Wildman–Crippen LogP) is 0.571. The highest BCUT2D eigenvalue weighted by molar-refractivity contribution is 5.18. The van der Waals surface area contributed by atoms with E-state index >= 15 is 0 Å². The SMILES string of the molecule is C1CNCCN1.Oc1ccccc1. The maximum Gasteiger partial charge on any atom is 0.115 e. The van der Waals surface area contributed by atoms with Gasteiger partial charge in [0.25, 0.3) is 0 Å². The maximum absolute atomic E-state index is 8.63. The van der Waals surface area contributed by atoms with Crippen LogP contribution in [0.15, 0.2) is 30.3 Å². The van der Waals surface area contributed by atoms with Gasteiger partial charge in [0.05, 0.1) is 0 Å². The second-order valence-electron chi connectivity index (χ2n) is 2.84. The predicted molar refractivity (Wildman–Crippen MR) is 53.8 cm³/mol. The molecule has 1 aliphatic rings. The average molecular weight is 180 g/mol. The molecule has 0 saturated carbocycles. The van der Waals surface area contributed by atoms with Crippen LogP contribution in [0.3, 0.4) is 0 Å². The third-order valence-electron chi connectivity index (χ3n) is 1.71. The van der Waals surface area contributed by atoms with Crippen LogP contribution >= 0.6 is 0 Å². The molecule has 1 aliphatic heterocycles. The Morgan fingerprint density at radius 1 is 0.846 bits per heavy atom. The van der Waals surface area contributed by atoms with E-state index in [9.17, 15) is 0 Å². The fraction of sp³-hybridized carbons (Fsp3) is 0.400. The second-order valence-corrected chi connectivity index (χ2v) is 2.84. The second kappa shape index (κ2) is 6.46. The van der Waals surface area contributed by atoms with Crippen LogP contribution in [0.5, 0.6) is 5.75 Å². The van der Waals surface area contributed by atoms with Crippen molar-refractivity contribution in [2.24, 2.45) is 0 Å². The molecule has 1 heterocycles. The molecule has 1 aromatic carbocycles. The minimum absolute atomic E-state index is 0.322. The van der Waals surface area contributed by atoms with Crippen LogP contribution in [0.4, 0.5) is 0 Å². The molecule has 0 unspecified atom stereocenters.